The average Bonchev–Trinajstić information content (AvgIpc) is 3.42. The Balaban J connectivity index is 1.31. The van der Waals surface area contributed by atoms with E-state index in [1.807, 2.05) is 31.3 Å². The molecule has 2 aliphatic rings. The highest BCUT2D eigenvalue weighted by atomic mass is 19.3. The monoisotopic (exact) mass is 452 g/mol. The van der Waals surface area contributed by atoms with Gasteiger partial charge in [0.15, 0.2) is 5.65 Å². The highest BCUT2D eigenvalue weighted by Crippen LogP contribution is 2.33. The van der Waals surface area contributed by atoms with Gasteiger partial charge < -0.3 is 14.8 Å². The van der Waals surface area contributed by atoms with Gasteiger partial charge in [-0.1, -0.05) is 0 Å². The van der Waals surface area contributed by atoms with Crippen LogP contribution in [0, 0.1) is 12.8 Å². The molecule has 6 rings (SSSR count). The topological polar surface area (TPSA) is 76.2 Å². The van der Waals surface area contributed by atoms with Crippen LogP contribution < -0.4 is 5.32 Å². The number of imidazole rings is 1. The predicted molar refractivity (Wildman–Crippen MR) is 121 cm³/mol. The normalized spacial score (nSPS) is 21.2. The van der Waals surface area contributed by atoms with Crippen molar-refractivity contribution in [2.45, 2.75) is 44.7 Å². The van der Waals surface area contributed by atoms with E-state index in [2.05, 4.69) is 25.0 Å². The van der Waals surface area contributed by atoms with Crippen molar-refractivity contribution < 1.29 is 8.78 Å². The van der Waals surface area contributed by atoms with Crippen LogP contribution >= 0.6 is 0 Å². The molecule has 5 heterocycles. The van der Waals surface area contributed by atoms with Crippen LogP contribution in [0.5, 0.6) is 0 Å². The second kappa shape index (κ2) is 7.44. The number of nitrogens with one attached hydrogen (secondary N) is 1. The van der Waals surface area contributed by atoms with E-state index in [-0.39, 0.29) is 12.5 Å². The maximum absolute atomic E-state index is 14.4. The Morgan fingerprint density at radius 3 is 2.79 bits per heavy atom. The molecule has 1 saturated heterocycles. The molecule has 1 aliphatic carbocycles. The Morgan fingerprint density at radius 2 is 2.00 bits per heavy atom. The fourth-order valence-corrected chi connectivity index (χ4v) is 4.67. The molecule has 0 amide bonds. The first kappa shape index (κ1) is 20.5. The van der Waals surface area contributed by atoms with Gasteiger partial charge in [-0.3, -0.25) is 0 Å². The molecule has 0 aromatic carbocycles. The summed E-state index contributed by atoms with van der Waals surface area (Å²) < 4.78 is 32.7. The molecule has 0 radical (unpaired) electrons. The number of rotatable bonds is 5. The van der Waals surface area contributed by atoms with E-state index >= 15 is 0 Å². The van der Waals surface area contributed by atoms with Crippen LogP contribution in [0.1, 0.15) is 25.1 Å². The number of aromatic nitrogens is 6. The molecule has 1 saturated carbocycles. The first-order chi connectivity index (χ1) is 15.9. The molecular formula is C23H26F2N8. The number of aryl methyl sites for hydroxylation is 1. The van der Waals surface area contributed by atoms with Gasteiger partial charge in [0.2, 0.25) is 5.95 Å². The number of piperidine rings is 1. The number of anilines is 1. The summed E-state index contributed by atoms with van der Waals surface area (Å²) in [5, 5.41) is 7.28. The van der Waals surface area contributed by atoms with Crippen LogP contribution in [0.25, 0.3) is 27.9 Å². The number of pyridine rings is 1. The molecule has 1 aliphatic heterocycles. The maximum atomic E-state index is 14.4. The van der Waals surface area contributed by atoms with Crippen molar-refractivity contribution >= 4 is 22.6 Å². The van der Waals surface area contributed by atoms with E-state index in [1.165, 1.54) is 12.8 Å². The average molecular weight is 453 g/mol. The fourth-order valence-electron chi connectivity index (χ4n) is 4.67. The zero-order valence-corrected chi connectivity index (χ0v) is 18.7. The van der Waals surface area contributed by atoms with Crippen LogP contribution in [-0.2, 0) is 6.54 Å². The SMILES string of the molecule is Cc1nc2ccc(-c3ccn4nc(N[C@@H]5CCN(C)CC5(F)F)ncc34)nc2n1CC1CC1. The minimum Gasteiger partial charge on any atom is -0.344 e. The van der Waals surface area contributed by atoms with E-state index in [1.54, 1.807) is 22.7 Å². The molecule has 4 aromatic heterocycles. The molecule has 4 aromatic rings. The van der Waals surface area contributed by atoms with E-state index in [0.29, 0.717) is 13.0 Å². The Morgan fingerprint density at radius 1 is 1.15 bits per heavy atom. The van der Waals surface area contributed by atoms with Gasteiger partial charge in [-0.15, -0.1) is 5.10 Å². The van der Waals surface area contributed by atoms with Crippen molar-refractivity contribution in [3.05, 3.63) is 36.4 Å². The van der Waals surface area contributed by atoms with Crippen LogP contribution in [-0.4, -0.2) is 66.1 Å². The first-order valence-corrected chi connectivity index (χ1v) is 11.4. The third kappa shape index (κ3) is 3.72. The summed E-state index contributed by atoms with van der Waals surface area (Å²) in [4.78, 5) is 15.6. The third-order valence-corrected chi connectivity index (χ3v) is 6.71. The summed E-state index contributed by atoms with van der Waals surface area (Å²) in [6, 6.07) is 4.90. The molecule has 1 N–H and O–H groups in total. The van der Waals surface area contributed by atoms with Gasteiger partial charge in [-0.2, -0.15) is 0 Å². The Labute approximate surface area is 189 Å². The lowest BCUT2D eigenvalue weighted by Crippen LogP contribution is -2.53. The number of hydrogen-bond acceptors (Lipinski definition) is 6. The summed E-state index contributed by atoms with van der Waals surface area (Å²) in [5.41, 5.74) is 4.26. The standard InChI is InChI=1S/C23H26F2N8/c1-14-27-18-6-5-17(28-21(18)32(14)12-15-3-4-15)16-7-10-33-19(16)11-26-22(30-33)29-20-8-9-31(2)13-23(20,24)25/h5-7,10-11,15,20H,3-4,8-9,12-13H2,1-2H3,(H,29,30)/t20-/m1/s1. The van der Waals surface area contributed by atoms with E-state index < -0.39 is 12.0 Å². The van der Waals surface area contributed by atoms with Gasteiger partial charge in [0, 0.05) is 24.8 Å². The first-order valence-electron chi connectivity index (χ1n) is 11.4. The number of nitrogens with zero attached hydrogens (tertiary/aromatic N) is 7. The van der Waals surface area contributed by atoms with Gasteiger partial charge in [0.05, 0.1) is 30.0 Å². The molecule has 172 valence electrons. The van der Waals surface area contributed by atoms with E-state index in [0.717, 1.165) is 46.2 Å². The molecule has 0 bridgehead atoms. The summed E-state index contributed by atoms with van der Waals surface area (Å²) in [7, 11) is 1.71. The molecule has 2 fully saturated rings. The van der Waals surface area contributed by atoms with Crippen molar-refractivity contribution in [2.24, 2.45) is 5.92 Å². The van der Waals surface area contributed by atoms with Gasteiger partial charge in [-0.05, 0) is 57.4 Å². The molecule has 0 spiro atoms. The van der Waals surface area contributed by atoms with Crippen LogP contribution in [0.3, 0.4) is 0 Å². The molecule has 10 heteroatoms. The number of hydrogen-bond donors (Lipinski definition) is 1. The number of fused-ring (bicyclic) bond motifs is 2. The lowest BCUT2D eigenvalue weighted by Gasteiger charge is -2.36. The summed E-state index contributed by atoms with van der Waals surface area (Å²) >= 11 is 0. The minimum absolute atomic E-state index is 0.195. The van der Waals surface area contributed by atoms with Gasteiger partial charge in [-0.25, -0.2) is 28.2 Å². The molecule has 0 unspecified atom stereocenters. The highest BCUT2D eigenvalue weighted by Gasteiger charge is 2.44. The third-order valence-electron chi connectivity index (χ3n) is 6.71. The van der Waals surface area contributed by atoms with Crippen molar-refractivity contribution in [1.82, 2.24) is 34.0 Å². The lowest BCUT2D eigenvalue weighted by atomic mass is 10.0. The van der Waals surface area contributed by atoms with Crippen molar-refractivity contribution in [3.8, 4) is 11.3 Å². The molecular weight excluding hydrogens is 426 g/mol. The summed E-state index contributed by atoms with van der Waals surface area (Å²) in [6.07, 6.45) is 6.33. The Hall–Kier alpha value is -3.14. The minimum atomic E-state index is -2.84. The Kier molecular flexibility index (Phi) is 4.62. The van der Waals surface area contributed by atoms with Crippen molar-refractivity contribution in [3.63, 3.8) is 0 Å². The number of likely N-dealkylation sites (tertiary alicyclic amines) is 1. The number of alkyl halides is 2. The highest BCUT2D eigenvalue weighted by molar-refractivity contribution is 5.82. The molecule has 33 heavy (non-hydrogen) atoms. The van der Waals surface area contributed by atoms with E-state index in [4.69, 9.17) is 4.98 Å². The molecule has 8 nitrogen and oxygen atoms in total. The summed E-state index contributed by atoms with van der Waals surface area (Å²) in [6.45, 7) is 3.31. The second-order valence-electron chi connectivity index (χ2n) is 9.38. The van der Waals surface area contributed by atoms with Crippen LogP contribution in [0.15, 0.2) is 30.6 Å². The largest absolute Gasteiger partial charge is 0.344 e. The van der Waals surface area contributed by atoms with Crippen molar-refractivity contribution in [1.29, 1.82) is 0 Å². The quantitative estimate of drug-likeness (QED) is 0.499. The smallest absolute Gasteiger partial charge is 0.280 e. The molecule has 1 atom stereocenters. The van der Waals surface area contributed by atoms with Gasteiger partial charge in [0.1, 0.15) is 11.3 Å². The lowest BCUT2D eigenvalue weighted by molar-refractivity contribution is -0.0675. The maximum Gasteiger partial charge on any atom is 0.280 e. The fraction of sp³-hybridized carbons (Fsp3) is 0.478. The number of halogens is 2. The van der Waals surface area contributed by atoms with Crippen LogP contribution in [0.4, 0.5) is 14.7 Å². The Bertz CT molecular complexity index is 1340. The van der Waals surface area contributed by atoms with E-state index in [9.17, 15) is 8.78 Å². The predicted octanol–water partition coefficient (Wildman–Crippen LogP) is 3.61. The zero-order valence-electron chi connectivity index (χ0n) is 18.7. The van der Waals surface area contributed by atoms with Gasteiger partial charge in [0.25, 0.3) is 5.92 Å². The second-order valence-corrected chi connectivity index (χ2v) is 9.38. The van der Waals surface area contributed by atoms with Gasteiger partial charge >= 0.3 is 0 Å². The van der Waals surface area contributed by atoms with Crippen molar-refractivity contribution in [2.75, 3.05) is 25.5 Å². The summed E-state index contributed by atoms with van der Waals surface area (Å²) in [5.74, 6) is -0.944. The zero-order chi connectivity index (χ0) is 22.7. The van der Waals surface area contributed by atoms with Crippen LogP contribution in [0.2, 0.25) is 0 Å².